The van der Waals surface area contributed by atoms with Crippen LogP contribution in [0, 0.1) is 5.92 Å². The molecule has 3 rings (SSSR count). The van der Waals surface area contributed by atoms with Crippen molar-refractivity contribution in [3.63, 3.8) is 0 Å². The zero-order valence-electron chi connectivity index (χ0n) is 19.0. The van der Waals surface area contributed by atoms with Gasteiger partial charge in [-0.3, -0.25) is 14.4 Å². The largest absolute Gasteiger partial charge is 0.343 e. The first-order chi connectivity index (χ1) is 15.5. The lowest BCUT2D eigenvalue weighted by Crippen LogP contribution is -2.41. The van der Waals surface area contributed by atoms with Gasteiger partial charge in [-0.2, -0.15) is 0 Å². The van der Waals surface area contributed by atoms with Gasteiger partial charge in [-0.1, -0.05) is 42.5 Å². The fourth-order valence-electron chi connectivity index (χ4n) is 4.10. The van der Waals surface area contributed by atoms with Gasteiger partial charge in [-0.05, 0) is 49.4 Å². The molecule has 6 heteroatoms. The fraction of sp³-hybridized carbons (Fsp3) is 0.423. The summed E-state index contributed by atoms with van der Waals surface area (Å²) in [6, 6.07) is 17.7. The van der Waals surface area contributed by atoms with E-state index in [4.69, 9.17) is 0 Å². The number of nitrogens with one attached hydrogen (secondary N) is 1. The van der Waals surface area contributed by atoms with E-state index in [-0.39, 0.29) is 23.6 Å². The number of carbonyl (C=O) groups is 3. The van der Waals surface area contributed by atoms with Crippen LogP contribution in [-0.2, 0) is 27.3 Å². The van der Waals surface area contributed by atoms with Gasteiger partial charge in [-0.25, -0.2) is 0 Å². The third-order valence-electron chi connectivity index (χ3n) is 6.08. The Morgan fingerprint density at radius 3 is 2.34 bits per heavy atom. The first kappa shape index (κ1) is 23.5. The molecule has 32 heavy (non-hydrogen) atoms. The van der Waals surface area contributed by atoms with Gasteiger partial charge in [0.1, 0.15) is 0 Å². The maximum Gasteiger partial charge on any atom is 0.227 e. The van der Waals surface area contributed by atoms with Crippen LogP contribution < -0.4 is 5.32 Å². The van der Waals surface area contributed by atoms with Crippen LogP contribution in [0.5, 0.6) is 0 Å². The summed E-state index contributed by atoms with van der Waals surface area (Å²) in [5.41, 5.74) is 2.90. The van der Waals surface area contributed by atoms with Gasteiger partial charge >= 0.3 is 0 Å². The number of carbonyl (C=O) groups excluding carboxylic acids is 3. The standard InChI is InChI=1S/C26H33N3O3/c1-3-28(20(2)30)19-22-10-7-11-24(18-22)27-26(32)23-14-16-29(17-15-23)25(31)13-12-21-8-5-4-6-9-21/h4-11,18,23H,3,12-17,19H2,1-2H3,(H,27,32). The molecule has 2 aromatic rings. The van der Waals surface area contributed by atoms with Gasteiger partial charge in [0.25, 0.3) is 0 Å². The summed E-state index contributed by atoms with van der Waals surface area (Å²) < 4.78 is 0. The van der Waals surface area contributed by atoms with Crippen molar-refractivity contribution in [2.75, 3.05) is 25.0 Å². The molecular formula is C26H33N3O3. The number of hydrogen-bond acceptors (Lipinski definition) is 3. The summed E-state index contributed by atoms with van der Waals surface area (Å²) >= 11 is 0. The van der Waals surface area contributed by atoms with Gasteiger partial charge < -0.3 is 15.1 Å². The molecule has 0 aliphatic carbocycles. The lowest BCUT2D eigenvalue weighted by molar-refractivity contribution is -0.134. The Morgan fingerprint density at radius 1 is 1.00 bits per heavy atom. The van der Waals surface area contributed by atoms with Crippen LogP contribution >= 0.6 is 0 Å². The summed E-state index contributed by atoms with van der Waals surface area (Å²) in [5.74, 6) is 0.0945. The van der Waals surface area contributed by atoms with Crippen molar-refractivity contribution >= 4 is 23.4 Å². The highest BCUT2D eigenvalue weighted by atomic mass is 16.2. The molecule has 0 unspecified atom stereocenters. The molecule has 3 amide bonds. The second-order valence-corrected chi connectivity index (χ2v) is 8.36. The predicted octanol–water partition coefficient (Wildman–Crippen LogP) is 3.86. The normalized spacial score (nSPS) is 14.1. The van der Waals surface area contributed by atoms with Crippen LogP contribution in [-0.4, -0.2) is 47.2 Å². The highest BCUT2D eigenvalue weighted by molar-refractivity contribution is 5.92. The molecule has 0 spiro atoms. The van der Waals surface area contributed by atoms with Gasteiger partial charge in [-0.15, -0.1) is 0 Å². The summed E-state index contributed by atoms with van der Waals surface area (Å²) in [6.07, 6.45) is 2.60. The van der Waals surface area contributed by atoms with E-state index in [1.54, 1.807) is 11.8 Å². The fourth-order valence-corrected chi connectivity index (χ4v) is 4.10. The Balaban J connectivity index is 1.46. The molecule has 6 nitrogen and oxygen atoms in total. The third-order valence-corrected chi connectivity index (χ3v) is 6.08. The van der Waals surface area contributed by atoms with Crippen LogP contribution in [0.2, 0.25) is 0 Å². The van der Waals surface area contributed by atoms with E-state index < -0.39 is 0 Å². The highest BCUT2D eigenvalue weighted by Gasteiger charge is 2.27. The molecule has 0 saturated carbocycles. The molecule has 2 aromatic carbocycles. The molecule has 1 saturated heterocycles. The number of nitrogens with zero attached hydrogens (tertiary/aromatic N) is 2. The van der Waals surface area contributed by atoms with Crippen molar-refractivity contribution < 1.29 is 14.4 Å². The third kappa shape index (κ3) is 6.67. The van der Waals surface area contributed by atoms with Crippen LogP contribution in [0.1, 0.15) is 44.2 Å². The zero-order chi connectivity index (χ0) is 22.9. The second-order valence-electron chi connectivity index (χ2n) is 8.36. The van der Waals surface area contributed by atoms with Gasteiger partial charge in [0.15, 0.2) is 0 Å². The van der Waals surface area contributed by atoms with Crippen molar-refractivity contribution in [2.24, 2.45) is 5.92 Å². The molecule has 0 atom stereocenters. The number of piperidine rings is 1. The monoisotopic (exact) mass is 435 g/mol. The summed E-state index contributed by atoms with van der Waals surface area (Å²) in [7, 11) is 0. The predicted molar refractivity (Wildman–Crippen MR) is 126 cm³/mol. The number of benzene rings is 2. The molecule has 1 aliphatic rings. The minimum atomic E-state index is -0.0961. The highest BCUT2D eigenvalue weighted by Crippen LogP contribution is 2.21. The lowest BCUT2D eigenvalue weighted by Gasteiger charge is -2.31. The molecular weight excluding hydrogens is 402 g/mol. The van der Waals surface area contributed by atoms with E-state index in [1.807, 2.05) is 66.4 Å². The Kier molecular flexibility index (Phi) is 8.42. The van der Waals surface area contributed by atoms with E-state index >= 15 is 0 Å². The van der Waals surface area contributed by atoms with Gasteiger partial charge in [0.2, 0.25) is 17.7 Å². The second kappa shape index (κ2) is 11.5. The van der Waals surface area contributed by atoms with Crippen molar-refractivity contribution in [3.8, 4) is 0 Å². The number of rotatable bonds is 8. The summed E-state index contributed by atoms with van der Waals surface area (Å²) in [4.78, 5) is 40.6. The number of amides is 3. The SMILES string of the molecule is CCN(Cc1cccc(NC(=O)C2CCN(C(=O)CCc3ccccc3)CC2)c1)C(C)=O. The molecule has 1 aliphatic heterocycles. The minimum Gasteiger partial charge on any atom is -0.343 e. The molecule has 0 aromatic heterocycles. The summed E-state index contributed by atoms with van der Waals surface area (Å²) in [6.45, 7) is 5.93. The summed E-state index contributed by atoms with van der Waals surface area (Å²) in [5, 5.41) is 3.02. The molecule has 0 bridgehead atoms. The lowest BCUT2D eigenvalue weighted by atomic mass is 9.95. The maximum atomic E-state index is 12.8. The van der Waals surface area contributed by atoms with E-state index in [0.29, 0.717) is 45.4 Å². The van der Waals surface area contributed by atoms with Crippen molar-refractivity contribution in [1.29, 1.82) is 0 Å². The topological polar surface area (TPSA) is 69.7 Å². The zero-order valence-corrected chi connectivity index (χ0v) is 19.0. The molecule has 1 fully saturated rings. The van der Waals surface area contributed by atoms with Crippen LogP contribution in [0.4, 0.5) is 5.69 Å². The average molecular weight is 436 g/mol. The number of anilines is 1. The van der Waals surface area contributed by atoms with E-state index in [9.17, 15) is 14.4 Å². The number of likely N-dealkylation sites (tertiary alicyclic amines) is 1. The number of aryl methyl sites for hydroxylation is 1. The van der Waals surface area contributed by atoms with Crippen molar-refractivity contribution in [1.82, 2.24) is 9.80 Å². The van der Waals surface area contributed by atoms with Gasteiger partial charge in [0, 0.05) is 51.1 Å². The smallest absolute Gasteiger partial charge is 0.227 e. The Bertz CT molecular complexity index is 921. The van der Waals surface area contributed by atoms with Crippen LogP contribution in [0.3, 0.4) is 0 Å². The number of hydrogen-bond donors (Lipinski definition) is 1. The molecule has 1 heterocycles. The van der Waals surface area contributed by atoms with Crippen LogP contribution in [0.15, 0.2) is 54.6 Å². The minimum absolute atomic E-state index is 0.00236. The molecule has 170 valence electrons. The maximum absolute atomic E-state index is 12.8. The molecule has 1 N–H and O–H groups in total. The van der Waals surface area contributed by atoms with E-state index in [2.05, 4.69) is 5.32 Å². The Morgan fingerprint density at radius 2 is 1.69 bits per heavy atom. The molecule has 0 radical (unpaired) electrons. The van der Waals surface area contributed by atoms with Gasteiger partial charge in [0.05, 0.1) is 0 Å². The quantitative estimate of drug-likeness (QED) is 0.684. The Labute approximate surface area is 190 Å². The van der Waals surface area contributed by atoms with Crippen molar-refractivity contribution in [3.05, 3.63) is 65.7 Å². The first-order valence-electron chi connectivity index (χ1n) is 11.4. The average Bonchev–Trinajstić information content (AvgIpc) is 2.81. The van der Waals surface area contributed by atoms with E-state index in [1.165, 1.54) is 5.56 Å². The first-order valence-corrected chi connectivity index (χ1v) is 11.4. The van der Waals surface area contributed by atoms with E-state index in [0.717, 1.165) is 17.7 Å². The Hall–Kier alpha value is -3.15. The van der Waals surface area contributed by atoms with Crippen LogP contribution in [0.25, 0.3) is 0 Å². The van der Waals surface area contributed by atoms with Crippen molar-refractivity contribution in [2.45, 2.75) is 46.1 Å².